The standard InChI is InChI=1S/C67H73OS4/c68-64(67-44-51-37-52(45-67)39-53(38-51)46-67)54-13-19-57(20-14-54)71-60-25-31-63(32-26-60)72(61-27-21-58(22-28-61)69-55-15-9-49(10-16-55)42-65-33-1-5-47(40-65)6-2-34-65)62-29-23-59(24-30-62)70-56-17-11-50(12-18-56)43-66-35-3-7-48(41-66)8-4-36-66/h9-32,47-48,51-53H,1-8,33-46H2/q+1. The molecule has 0 radical (unpaired) electrons. The SMILES string of the molecule is O=C(c1ccc(Sc2ccc([S+](c3ccc(Sc4ccc(CC56CCCC(CCC5)C6)cc4)cc3)c3ccc(Sc4ccc(CC56CCCC(CCC5)C6)cc4)cc3)cc2)cc1)C12CC3CC(CC(C3)C1)C2. The molecule has 8 saturated carbocycles. The maximum atomic E-state index is 14.1. The molecule has 6 aromatic carbocycles. The molecule has 0 amide bonds. The van der Waals surface area contributed by atoms with Crippen LogP contribution in [0.15, 0.2) is 190 Å². The van der Waals surface area contributed by atoms with Crippen molar-refractivity contribution in [3.05, 3.63) is 162 Å². The molecule has 0 unspecified atom stereocenters. The zero-order valence-corrected chi connectivity index (χ0v) is 45.6. The molecule has 0 saturated heterocycles. The van der Waals surface area contributed by atoms with E-state index in [9.17, 15) is 4.79 Å². The lowest BCUT2D eigenvalue weighted by atomic mass is 9.48. The molecule has 1 nitrogen and oxygen atoms in total. The molecule has 8 aliphatic carbocycles. The fraction of sp³-hybridized carbons (Fsp3) is 0.448. The summed E-state index contributed by atoms with van der Waals surface area (Å²) < 4.78 is 0. The van der Waals surface area contributed by atoms with Crippen molar-refractivity contribution in [1.82, 2.24) is 0 Å². The monoisotopic (exact) mass is 1020 g/mol. The van der Waals surface area contributed by atoms with Gasteiger partial charge in [-0.3, -0.25) is 4.79 Å². The van der Waals surface area contributed by atoms with Crippen molar-refractivity contribution in [2.75, 3.05) is 0 Å². The molecule has 8 fully saturated rings. The number of hydrogen-bond acceptors (Lipinski definition) is 4. The summed E-state index contributed by atoms with van der Waals surface area (Å²) in [5.41, 5.74) is 4.99. The normalized spacial score (nSPS) is 29.7. The summed E-state index contributed by atoms with van der Waals surface area (Å²) in [7, 11) is -0.278. The largest absolute Gasteiger partial charge is 0.294 e. The van der Waals surface area contributed by atoms with E-state index in [0.717, 1.165) is 54.4 Å². The highest BCUT2D eigenvalue weighted by Crippen LogP contribution is 2.61. The van der Waals surface area contributed by atoms with E-state index in [2.05, 4.69) is 146 Å². The zero-order chi connectivity index (χ0) is 48.1. The number of carbonyl (C=O) groups excluding carboxylic acids is 1. The molecule has 14 rings (SSSR count). The maximum Gasteiger partial charge on any atom is 0.169 e. The van der Waals surface area contributed by atoms with Crippen LogP contribution in [-0.2, 0) is 23.7 Å². The third-order valence-electron chi connectivity index (χ3n) is 19.2. The van der Waals surface area contributed by atoms with Crippen LogP contribution in [0.3, 0.4) is 0 Å². The van der Waals surface area contributed by atoms with Gasteiger partial charge in [0.1, 0.15) is 0 Å². The topological polar surface area (TPSA) is 17.1 Å². The van der Waals surface area contributed by atoms with Crippen molar-refractivity contribution in [3.63, 3.8) is 0 Å². The predicted molar refractivity (Wildman–Crippen MR) is 302 cm³/mol. The minimum absolute atomic E-state index is 0.0901. The maximum absolute atomic E-state index is 14.1. The number of fused-ring (bicyclic) bond motifs is 4. The number of benzene rings is 6. The van der Waals surface area contributed by atoms with Gasteiger partial charge in [0.25, 0.3) is 0 Å². The van der Waals surface area contributed by atoms with Crippen LogP contribution in [0.25, 0.3) is 0 Å². The van der Waals surface area contributed by atoms with Gasteiger partial charge in [-0.15, -0.1) is 0 Å². The van der Waals surface area contributed by atoms with Gasteiger partial charge >= 0.3 is 0 Å². The van der Waals surface area contributed by atoms with Crippen molar-refractivity contribution >= 4 is 52.0 Å². The number of carbonyl (C=O) groups is 1. The molecule has 8 bridgehead atoms. The van der Waals surface area contributed by atoms with Crippen LogP contribution in [-0.4, -0.2) is 5.78 Å². The molecule has 5 heteroatoms. The lowest BCUT2D eigenvalue weighted by Gasteiger charge is -2.56. The quantitative estimate of drug-likeness (QED) is 0.0753. The van der Waals surface area contributed by atoms with Crippen molar-refractivity contribution < 1.29 is 4.79 Å². The molecule has 0 spiro atoms. The zero-order valence-electron chi connectivity index (χ0n) is 42.3. The summed E-state index contributed by atoms with van der Waals surface area (Å²) in [6.45, 7) is 0. The fourth-order valence-corrected chi connectivity index (χ4v) is 21.0. The van der Waals surface area contributed by atoms with Crippen molar-refractivity contribution in [3.8, 4) is 0 Å². The molecule has 6 aromatic rings. The molecular formula is C67H73OS4+. The number of hydrogen-bond donors (Lipinski definition) is 0. The second-order valence-corrected chi connectivity index (χ2v) is 29.9. The van der Waals surface area contributed by atoms with E-state index in [-0.39, 0.29) is 16.3 Å². The van der Waals surface area contributed by atoms with E-state index < -0.39 is 0 Å². The Kier molecular flexibility index (Phi) is 13.7. The van der Waals surface area contributed by atoms with Crippen LogP contribution in [0.5, 0.6) is 0 Å². The highest BCUT2D eigenvalue weighted by Gasteiger charge is 2.54. The van der Waals surface area contributed by atoms with Crippen molar-refractivity contribution in [1.29, 1.82) is 0 Å². The minimum Gasteiger partial charge on any atom is -0.294 e. The molecular weight excluding hydrogens is 949 g/mol. The van der Waals surface area contributed by atoms with Gasteiger partial charge in [0, 0.05) is 40.4 Å². The summed E-state index contributed by atoms with van der Waals surface area (Å²) in [4.78, 5) is 25.7. The second kappa shape index (κ2) is 20.5. The summed E-state index contributed by atoms with van der Waals surface area (Å²) >= 11 is 5.56. The lowest BCUT2D eigenvalue weighted by Crippen LogP contribution is -2.50. The average molecular weight is 1020 g/mol. The first-order chi connectivity index (χ1) is 35.3. The second-order valence-electron chi connectivity index (χ2n) is 24.4. The van der Waals surface area contributed by atoms with Crippen LogP contribution >= 0.6 is 35.3 Å². The van der Waals surface area contributed by atoms with E-state index >= 15 is 0 Å². The first kappa shape index (κ1) is 48.1. The van der Waals surface area contributed by atoms with E-state index in [1.807, 2.05) is 23.5 Å². The molecule has 0 N–H and O–H groups in total. The van der Waals surface area contributed by atoms with E-state index in [0.29, 0.717) is 16.6 Å². The van der Waals surface area contributed by atoms with Gasteiger partial charge in [-0.2, -0.15) is 0 Å². The Morgan fingerprint density at radius 2 is 0.694 bits per heavy atom. The summed E-state index contributed by atoms with van der Waals surface area (Å²) in [6, 6.07) is 55.9. The van der Waals surface area contributed by atoms with Crippen LogP contribution in [0.2, 0.25) is 0 Å². The Morgan fingerprint density at radius 1 is 0.389 bits per heavy atom. The first-order valence-corrected chi connectivity index (χ1v) is 31.9. The molecule has 0 aromatic heterocycles. The van der Waals surface area contributed by atoms with Crippen LogP contribution < -0.4 is 0 Å². The third kappa shape index (κ3) is 10.4. The van der Waals surface area contributed by atoms with Gasteiger partial charge in [-0.25, -0.2) is 0 Å². The highest BCUT2D eigenvalue weighted by molar-refractivity contribution is 8.00. The van der Waals surface area contributed by atoms with Crippen molar-refractivity contribution in [2.24, 2.45) is 45.8 Å². The van der Waals surface area contributed by atoms with Gasteiger partial charge in [-0.05, 0) is 251 Å². The number of Topliss-reactive ketones (excluding diaryl/α,β-unsaturated/α-hetero) is 1. The molecule has 72 heavy (non-hydrogen) atoms. The smallest absolute Gasteiger partial charge is 0.169 e. The van der Waals surface area contributed by atoms with E-state index in [4.69, 9.17) is 0 Å². The van der Waals surface area contributed by atoms with Crippen LogP contribution in [0, 0.1) is 45.8 Å². The van der Waals surface area contributed by atoms with Gasteiger partial charge in [0.05, 0.1) is 10.9 Å². The minimum atomic E-state index is -0.278. The van der Waals surface area contributed by atoms with Gasteiger partial charge in [0.15, 0.2) is 20.5 Å². The van der Waals surface area contributed by atoms with Gasteiger partial charge < -0.3 is 0 Å². The summed E-state index contributed by atoms with van der Waals surface area (Å²) in [5, 5.41) is 0. The van der Waals surface area contributed by atoms with Gasteiger partial charge in [-0.1, -0.05) is 123 Å². The molecule has 0 aliphatic heterocycles. The number of ketones is 1. The predicted octanol–water partition coefficient (Wildman–Crippen LogP) is 19.4. The average Bonchev–Trinajstić information content (AvgIpc) is 3.39. The Bertz CT molecular complexity index is 2650. The number of rotatable bonds is 15. The lowest BCUT2D eigenvalue weighted by molar-refractivity contribution is -0.0353. The Labute approximate surface area is 447 Å². The summed E-state index contributed by atoms with van der Waals surface area (Å²) in [6.07, 6.45) is 30.2. The first-order valence-electron chi connectivity index (χ1n) is 28.2. The van der Waals surface area contributed by atoms with E-state index in [1.165, 1.54) is 177 Å². The highest BCUT2D eigenvalue weighted by atomic mass is 32.2. The molecule has 370 valence electrons. The Morgan fingerprint density at radius 3 is 1.03 bits per heavy atom. The Hall–Kier alpha value is -3.61. The fourth-order valence-electron chi connectivity index (χ4n) is 16.5. The molecule has 8 aliphatic rings. The van der Waals surface area contributed by atoms with E-state index in [1.54, 1.807) is 11.8 Å². The van der Waals surface area contributed by atoms with Crippen LogP contribution in [0.1, 0.15) is 150 Å². The van der Waals surface area contributed by atoms with Crippen molar-refractivity contribution in [2.45, 2.75) is 185 Å². The summed E-state index contributed by atoms with van der Waals surface area (Å²) in [5.74, 6) is 4.72. The molecule has 0 atom stereocenters. The Balaban J connectivity index is 0.706. The van der Waals surface area contributed by atoms with Crippen LogP contribution in [0.4, 0.5) is 0 Å². The molecule has 0 heterocycles. The third-order valence-corrected chi connectivity index (χ3v) is 24.5. The van der Waals surface area contributed by atoms with Gasteiger partial charge in [0.2, 0.25) is 0 Å².